The first-order chi connectivity index (χ1) is 7.72. The average Bonchev–Trinajstić information content (AvgIpc) is 2.34. The minimum Gasteiger partial charge on any atom is -0.463 e. The number of aliphatic hydroxyl groups is 2. The Kier molecular flexibility index (Phi) is 5.39. The third-order valence-corrected chi connectivity index (χ3v) is 1.89. The zero-order valence-electron chi connectivity index (χ0n) is 9.00. The van der Waals surface area contributed by atoms with Gasteiger partial charge in [0.1, 0.15) is 19.3 Å². The molecule has 0 saturated heterocycles. The van der Waals surface area contributed by atoms with E-state index in [4.69, 9.17) is 19.7 Å². The summed E-state index contributed by atoms with van der Waals surface area (Å²) in [4.78, 5) is 0. The van der Waals surface area contributed by atoms with E-state index in [0.29, 0.717) is 6.61 Å². The molecule has 4 nitrogen and oxygen atoms in total. The summed E-state index contributed by atoms with van der Waals surface area (Å²) in [5.74, 6) is 0.136. The van der Waals surface area contributed by atoms with Gasteiger partial charge in [-0.15, -0.1) is 0 Å². The molecule has 0 spiro atoms. The fourth-order valence-electron chi connectivity index (χ4n) is 1.02. The maximum absolute atomic E-state index is 9.02. The Labute approximate surface area is 94.7 Å². The van der Waals surface area contributed by atoms with Gasteiger partial charge in [0.2, 0.25) is 0 Å². The van der Waals surface area contributed by atoms with E-state index in [-0.39, 0.29) is 19.2 Å². The second-order valence-electron chi connectivity index (χ2n) is 3.29. The van der Waals surface area contributed by atoms with E-state index in [2.05, 4.69) is 6.58 Å². The van der Waals surface area contributed by atoms with Gasteiger partial charge in [0.25, 0.3) is 5.95 Å². The largest absolute Gasteiger partial charge is 0.463 e. The molecule has 88 valence electrons. The summed E-state index contributed by atoms with van der Waals surface area (Å²) in [6.45, 7) is 3.54. The lowest BCUT2D eigenvalue weighted by Crippen LogP contribution is -2.19. The van der Waals surface area contributed by atoms with Crippen LogP contribution in [-0.2, 0) is 16.1 Å². The van der Waals surface area contributed by atoms with Gasteiger partial charge in [0.15, 0.2) is 0 Å². The van der Waals surface area contributed by atoms with Crippen molar-refractivity contribution >= 4 is 0 Å². The highest BCUT2D eigenvalue weighted by molar-refractivity contribution is 5.13. The Balaban J connectivity index is 2.20. The highest BCUT2D eigenvalue weighted by atomic mass is 16.7. The first-order valence-corrected chi connectivity index (χ1v) is 4.99. The van der Waals surface area contributed by atoms with Crippen molar-refractivity contribution in [3.05, 3.63) is 48.4 Å². The van der Waals surface area contributed by atoms with Gasteiger partial charge in [-0.3, -0.25) is 0 Å². The molecule has 1 aromatic carbocycles. The standard InChI is InChI=1S/C12H16O4/c1-10(16-9-12(14)7-13)15-8-11-5-3-2-4-6-11/h2-6,12-14H,1,7-9H2. The number of benzene rings is 1. The van der Waals surface area contributed by atoms with Crippen LogP contribution in [-0.4, -0.2) is 29.5 Å². The molecular weight excluding hydrogens is 208 g/mol. The lowest BCUT2D eigenvalue weighted by atomic mass is 10.2. The Morgan fingerprint density at radius 3 is 2.56 bits per heavy atom. The van der Waals surface area contributed by atoms with E-state index in [1.165, 1.54) is 0 Å². The van der Waals surface area contributed by atoms with Crippen molar-refractivity contribution in [3.8, 4) is 0 Å². The molecule has 1 rings (SSSR count). The fraction of sp³-hybridized carbons (Fsp3) is 0.333. The summed E-state index contributed by atoms with van der Waals surface area (Å²) < 4.78 is 10.2. The quantitative estimate of drug-likeness (QED) is 0.679. The van der Waals surface area contributed by atoms with Gasteiger partial charge in [-0.25, -0.2) is 0 Å². The van der Waals surface area contributed by atoms with Crippen LogP contribution in [0, 0.1) is 0 Å². The van der Waals surface area contributed by atoms with Crippen LogP contribution in [0.2, 0.25) is 0 Å². The van der Waals surface area contributed by atoms with Gasteiger partial charge in [-0.2, -0.15) is 0 Å². The number of aliphatic hydroxyl groups excluding tert-OH is 2. The second-order valence-corrected chi connectivity index (χ2v) is 3.29. The maximum Gasteiger partial charge on any atom is 0.271 e. The molecule has 0 saturated carbocycles. The highest BCUT2D eigenvalue weighted by Gasteiger charge is 2.04. The van der Waals surface area contributed by atoms with Gasteiger partial charge in [-0.05, 0) is 12.1 Å². The Bertz CT molecular complexity index is 310. The minimum atomic E-state index is -0.905. The van der Waals surface area contributed by atoms with E-state index >= 15 is 0 Å². The summed E-state index contributed by atoms with van der Waals surface area (Å²) in [5, 5.41) is 17.6. The van der Waals surface area contributed by atoms with Crippen LogP contribution in [0.1, 0.15) is 5.56 Å². The van der Waals surface area contributed by atoms with Gasteiger partial charge in [0, 0.05) is 0 Å². The zero-order chi connectivity index (χ0) is 11.8. The molecule has 1 atom stereocenters. The van der Waals surface area contributed by atoms with Crippen molar-refractivity contribution in [1.82, 2.24) is 0 Å². The molecule has 4 heteroatoms. The smallest absolute Gasteiger partial charge is 0.271 e. The summed E-state index contributed by atoms with van der Waals surface area (Å²) in [7, 11) is 0. The molecule has 1 unspecified atom stereocenters. The van der Waals surface area contributed by atoms with E-state index in [9.17, 15) is 0 Å². The molecule has 0 fully saturated rings. The Morgan fingerprint density at radius 2 is 1.94 bits per heavy atom. The maximum atomic E-state index is 9.02. The van der Waals surface area contributed by atoms with E-state index in [0.717, 1.165) is 5.56 Å². The van der Waals surface area contributed by atoms with Crippen molar-refractivity contribution in [2.24, 2.45) is 0 Å². The monoisotopic (exact) mass is 224 g/mol. The van der Waals surface area contributed by atoms with Crippen LogP contribution in [0.25, 0.3) is 0 Å². The summed E-state index contributed by atoms with van der Waals surface area (Å²) in [6.07, 6.45) is -0.905. The van der Waals surface area contributed by atoms with Crippen molar-refractivity contribution < 1.29 is 19.7 Å². The minimum absolute atomic E-state index is 0.0237. The highest BCUT2D eigenvalue weighted by Crippen LogP contribution is 2.05. The first-order valence-electron chi connectivity index (χ1n) is 4.99. The Hall–Kier alpha value is -1.52. The summed E-state index contributed by atoms with van der Waals surface area (Å²) in [5.41, 5.74) is 1.01. The Morgan fingerprint density at radius 1 is 1.25 bits per heavy atom. The van der Waals surface area contributed by atoms with E-state index in [1.807, 2.05) is 30.3 Å². The number of ether oxygens (including phenoxy) is 2. The third-order valence-electron chi connectivity index (χ3n) is 1.89. The van der Waals surface area contributed by atoms with E-state index in [1.54, 1.807) is 0 Å². The second kappa shape index (κ2) is 6.87. The predicted octanol–water partition coefficient (Wildman–Crippen LogP) is 1.04. The van der Waals surface area contributed by atoms with Crippen LogP contribution >= 0.6 is 0 Å². The lowest BCUT2D eigenvalue weighted by molar-refractivity contribution is -0.0254. The van der Waals surface area contributed by atoms with Crippen molar-refractivity contribution in [2.45, 2.75) is 12.7 Å². The molecule has 0 aliphatic carbocycles. The lowest BCUT2D eigenvalue weighted by Gasteiger charge is -2.12. The van der Waals surface area contributed by atoms with Crippen LogP contribution in [0.5, 0.6) is 0 Å². The third kappa shape index (κ3) is 4.82. The van der Waals surface area contributed by atoms with Crippen LogP contribution in [0.3, 0.4) is 0 Å². The molecule has 0 aromatic heterocycles. The van der Waals surface area contributed by atoms with E-state index < -0.39 is 6.10 Å². The molecule has 16 heavy (non-hydrogen) atoms. The molecule has 0 aliphatic rings. The van der Waals surface area contributed by atoms with Crippen molar-refractivity contribution in [2.75, 3.05) is 13.2 Å². The molecule has 2 N–H and O–H groups in total. The van der Waals surface area contributed by atoms with Crippen molar-refractivity contribution in [3.63, 3.8) is 0 Å². The fourth-order valence-corrected chi connectivity index (χ4v) is 1.02. The van der Waals surface area contributed by atoms with Gasteiger partial charge in [0.05, 0.1) is 6.61 Å². The average molecular weight is 224 g/mol. The van der Waals surface area contributed by atoms with Crippen LogP contribution in [0.15, 0.2) is 42.9 Å². The molecule has 0 amide bonds. The molecule has 0 aliphatic heterocycles. The zero-order valence-corrected chi connectivity index (χ0v) is 9.00. The molecule has 0 bridgehead atoms. The van der Waals surface area contributed by atoms with Gasteiger partial charge in [-0.1, -0.05) is 30.3 Å². The molecule has 1 aromatic rings. The van der Waals surface area contributed by atoms with Crippen LogP contribution in [0.4, 0.5) is 0 Å². The SMILES string of the molecule is C=C(OCc1ccccc1)OCC(O)CO. The number of hydrogen-bond donors (Lipinski definition) is 2. The normalized spacial score (nSPS) is 11.9. The molecule has 0 radical (unpaired) electrons. The summed E-state index contributed by atoms with van der Waals surface area (Å²) in [6, 6.07) is 9.60. The topological polar surface area (TPSA) is 58.9 Å². The summed E-state index contributed by atoms with van der Waals surface area (Å²) >= 11 is 0. The first kappa shape index (κ1) is 12.5. The molecule has 0 heterocycles. The predicted molar refractivity (Wildman–Crippen MR) is 59.4 cm³/mol. The van der Waals surface area contributed by atoms with Crippen molar-refractivity contribution in [1.29, 1.82) is 0 Å². The molecular formula is C12H16O4. The van der Waals surface area contributed by atoms with Gasteiger partial charge < -0.3 is 19.7 Å². The van der Waals surface area contributed by atoms with Gasteiger partial charge >= 0.3 is 0 Å². The number of hydrogen-bond acceptors (Lipinski definition) is 4. The number of rotatable bonds is 7. The van der Waals surface area contributed by atoms with Crippen LogP contribution < -0.4 is 0 Å².